The summed E-state index contributed by atoms with van der Waals surface area (Å²) in [5.74, 6) is -0.186. The highest BCUT2D eigenvalue weighted by Gasteiger charge is 2.56. The largest absolute Gasteiger partial charge is 0.456 e. The molecule has 2 unspecified atom stereocenters. The number of aromatic nitrogens is 5. The first kappa shape index (κ1) is 21.6. The van der Waals surface area contributed by atoms with Crippen molar-refractivity contribution >= 4 is 11.9 Å². The minimum atomic E-state index is -1.37. The maximum atomic E-state index is 15.4. The van der Waals surface area contributed by atoms with Gasteiger partial charge in [0.15, 0.2) is 5.82 Å². The molecule has 1 spiro atoms. The normalized spacial score (nSPS) is 27.0. The van der Waals surface area contributed by atoms with Gasteiger partial charge in [-0.25, -0.2) is 14.2 Å². The highest BCUT2D eigenvalue weighted by atomic mass is 19.1. The quantitative estimate of drug-likeness (QED) is 0.626. The van der Waals surface area contributed by atoms with Gasteiger partial charge in [-0.15, -0.1) is 5.10 Å². The second kappa shape index (κ2) is 8.27. The summed E-state index contributed by atoms with van der Waals surface area (Å²) in [6.07, 6.45) is 1.50. The number of halogens is 1. The average Bonchev–Trinajstić information content (AvgIpc) is 3.54. The second-order valence-electron chi connectivity index (χ2n) is 8.71. The molecule has 174 valence electrons. The topological polar surface area (TPSA) is 127 Å². The van der Waals surface area contributed by atoms with Crippen LogP contribution in [-0.2, 0) is 14.3 Å². The van der Waals surface area contributed by atoms with Gasteiger partial charge in [-0.2, -0.15) is 4.68 Å². The summed E-state index contributed by atoms with van der Waals surface area (Å²) < 4.78 is 21.8. The van der Waals surface area contributed by atoms with Crippen molar-refractivity contribution in [1.29, 1.82) is 0 Å². The summed E-state index contributed by atoms with van der Waals surface area (Å²) in [6, 6.07) is 3.42. The molecule has 12 heteroatoms. The molecule has 1 amide bonds. The van der Waals surface area contributed by atoms with Crippen LogP contribution in [0.4, 0.5) is 4.39 Å². The fourth-order valence-electron chi connectivity index (χ4n) is 4.84. The molecule has 3 aliphatic heterocycles. The molecule has 0 bridgehead atoms. The molecule has 5 rings (SSSR count). The third-order valence-corrected chi connectivity index (χ3v) is 6.92. The fraction of sp³-hybridized carbons (Fsp3) is 0.524. The Morgan fingerprint density at radius 2 is 2.12 bits per heavy atom. The molecule has 2 aromatic heterocycles. The number of cyclic esters (lactones) is 1. The first-order valence-corrected chi connectivity index (χ1v) is 10.8. The number of hydrogen-bond donors (Lipinski definition) is 1. The number of carbonyl (C=O) groups excluding carboxylic acids is 2. The summed E-state index contributed by atoms with van der Waals surface area (Å²) in [7, 11) is 0. The number of amides is 1. The maximum Gasteiger partial charge on any atom is 0.336 e. The van der Waals surface area contributed by atoms with Crippen LogP contribution < -0.4 is 0 Å². The number of carbonyl (C=O) groups is 2. The third-order valence-electron chi connectivity index (χ3n) is 6.92. The lowest BCUT2D eigenvalue weighted by Gasteiger charge is -2.41. The Hall–Kier alpha value is -3.25. The number of pyridine rings is 1. The Labute approximate surface area is 188 Å². The number of ether oxygens (including phenoxy) is 1. The molecule has 0 aromatic carbocycles. The van der Waals surface area contributed by atoms with Crippen molar-refractivity contribution in [3.05, 3.63) is 41.5 Å². The number of β-amino-alcohol motifs (C(OH)–C–C–N with tert-alkyl or cyclic N) is 1. The number of nitrogens with zero attached hydrogens (tertiary/aromatic N) is 7. The number of rotatable bonds is 5. The number of esters is 1. The number of alkyl halides is 1. The number of piperidine rings is 1. The van der Waals surface area contributed by atoms with Crippen molar-refractivity contribution in [2.24, 2.45) is 5.41 Å². The molecule has 0 aliphatic carbocycles. The van der Waals surface area contributed by atoms with E-state index in [1.54, 1.807) is 25.3 Å². The summed E-state index contributed by atoms with van der Waals surface area (Å²) in [5.41, 5.74) is 0.467. The second-order valence-corrected chi connectivity index (χ2v) is 8.71. The minimum absolute atomic E-state index is 0.0558. The molecule has 2 saturated heterocycles. The summed E-state index contributed by atoms with van der Waals surface area (Å²) in [6.45, 7) is 2.84. The number of aliphatic hydroxyl groups is 1. The van der Waals surface area contributed by atoms with Gasteiger partial charge in [0.1, 0.15) is 19.1 Å². The van der Waals surface area contributed by atoms with Crippen molar-refractivity contribution in [2.45, 2.75) is 32.0 Å². The van der Waals surface area contributed by atoms with E-state index in [1.807, 2.05) is 4.90 Å². The zero-order valence-corrected chi connectivity index (χ0v) is 18.1. The first-order valence-electron chi connectivity index (χ1n) is 10.8. The zero-order valence-electron chi connectivity index (χ0n) is 18.1. The van der Waals surface area contributed by atoms with E-state index >= 15 is 4.39 Å². The van der Waals surface area contributed by atoms with E-state index in [2.05, 4.69) is 20.5 Å². The molecule has 33 heavy (non-hydrogen) atoms. The highest BCUT2D eigenvalue weighted by molar-refractivity contribution is 5.94. The molecule has 2 aromatic rings. The van der Waals surface area contributed by atoms with E-state index in [4.69, 9.17) is 4.74 Å². The molecule has 0 saturated carbocycles. The van der Waals surface area contributed by atoms with Gasteiger partial charge in [-0.05, 0) is 42.8 Å². The Balaban J connectivity index is 1.22. The van der Waals surface area contributed by atoms with Crippen LogP contribution >= 0.6 is 0 Å². The molecule has 2 fully saturated rings. The van der Waals surface area contributed by atoms with Gasteiger partial charge in [-0.1, -0.05) is 6.07 Å². The zero-order chi connectivity index (χ0) is 23.2. The Morgan fingerprint density at radius 1 is 1.30 bits per heavy atom. The van der Waals surface area contributed by atoms with Gasteiger partial charge >= 0.3 is 5.97 Å². The van der Waals surface area contributed by atoms with Gasteiger partial charge in [0, 0.05) is 31.4 Å². The monoisotopic (exact) mass is 457 g/mol. The van der Waals surface area contributed by atoms with E-state index in [0.717, 1.165) is 0 Å². The van der Waals surface area contributed by atoms with E-state index in [1.165, 1.54) is 15.9 Å². The minimum Gasteiger partial charge on any atom is -0.456 e. The number of tetrazole rings is 1. The van der Waals surface area contributed by atoms with Crippen LogP contribution in [-0.4, -0.2) is 90.9 Å². The fourth-order valence-corrected chi connectivity index (χ4v) is 4.84. The predicted molar refractivity (Wildman–Crippen MR) is 110 cm³/mol. The van der Waals surface area contributed by atoms with Gasteiger partial charge in [0.25, 0.3) is 0 Å². The smallest absolute Gasteiger partial charge is 0.336 e. The highest BCUT2D eigenvalue weighted by Crippen LogP contribution is 2.45. The van der Waals surface area contributed by atoms with Crippen molar-refractivity contribution in [3.8, 4) is 5.82 Å². The van der Waals surface area contributed by atoms with Crippen LogP contribution in [0.1, 0.15) is 31.4 Å². The van der Waals surface area contributed by atoms with E-state index in [0.29, 0.717) is 48.6 Å². The van der Waals surface area contributed by atoms with Crippen LogP contribution in [0.25, 0.3) is 5.82 Å². The standard InChI is InChI=1S/C21H24FN7O4/c1-13-15(11-33-19(13)31)28-7-5-21(20(28)32)4-6-27(10-17(21)22)9-16(30)14-2-3-18(23-8-14)29-12-24-25-26-29/h2-3,8,12,16-17,30H,4-7,9-11H2,1H3/t16-,17?,21?/m1/s1. The lowest BCUT2D eigenvalue weighted by atomic mass is 9.75. The molecule has 3 aliphatic rings. The number of hydrogen-bond acceptors (Lipinski definition) is 9. The van der Waals surface area contributed by atoms with Crippen molar-refractivity contribution in [2.75, 3.05) is 32.8 Å². The third kappa shape index (κ3) is 3.68. The Bertz CT molecular complexity index is 1090. The molecule has 0 radical (unpaired) electrons. The molecule has 11 nitrogen and oxygen atoms in total. The number of likely N-dealkylation sites (tertiary alicyclic amines) is 2. The van der Waals surface area contributed by atoms with Crippen LogP contribution in [0, 0.1) is 5.41 Å². The van der Waals surface area contributed by atoms with Crippen molar-refractivity contribution < 1.29 is 23.8 Å². The Morgan fingerprint density at radius 3 is 2.76 bits per heavy atom. The van der Waals surface area contributed by atoms with Crippen molar-refractivity contribution in [3.63, 3.8) is 0 Å². The molecule has 3 atom stereocenters. The SMILES string of the molecule is CC1=C(N2CCC3(CCN(C[C@@H](O)c4ccc(-n5cnnn5)nc4)CC3F)C2=O)COC1=O. The Kier molecular flexibility index (Phi) is 5.41. The lowest BCUT2D eigenvalue weighted by molar-refractivity contribution is -0.142. The van der Waals surface area contributed by atoms with Gasteiger partial charge in [0.05, 0.1) is 22.8 Å². The van der Waals surface area contributed by atoms with E-state index < -0.39 is 23.7 Å². The van der Waals surface area contributed by atoms with Gasteiger partial charge in [-0.3, -0.25) is 9.69 Å². The number of aliphatic hydroxyl groups excluding tert-OH is 1. The first-order chi connectivity index (χ1) is 15.9. The summed E-state index contributed by atoms with van der Waals surface area (Å²) in [4.78, 5) is 32.5. The predicted octanol–water partition coefficient (Wildman–Crippen LogP) is 0.184. The lowest BCUT2D eigenvalue weighted by Crippen LogP contribution is -2.53. The van der Waals surface area contributed by atoms with Crippen LogP contribution in [0.15, 0.2) is 35.9 Å². The van der Waals surface area contributed by atoms with Gasteiger partial charge in [0.2, 0.25) is 5.91 Å². The van der Waals surface area contributed by atoms with Crippen LogP contribution in [0.5, 0.6) is 0 Å². The van der Waals surface area contributed by atoms with E-state index in [9.17, 15) is 14.7 Å². The summed E-state index contributed by atoms with van der Waals surface area (Å²) >= 11 is 0. The van der Waals surface area contributed by atoms with Gasteiger partial charge < -0.3 is 14.7 Å². The van der Waals surface area contributed by atoms with E-state index in [-0.39, 0.29) is 25.6 Å². The maximum absolute atomic E-state index is 15.4. The average molecular weight is 457 g/mol. The molecular weight excluding hydrogens is 433 g/mol. The molecular formula is C21H24FN7O4. The molecule has 5 heterocycles. The van der Waals surface area contributed by atoms with Crippen LogP contribution in [0.2, 0.25) is 0 Å². The van der Waals surface area contributed by atoms with Crippen molar-refractivity contribution in [1.82, 2.24) is 35.0 Å². The molecule has 1 N–H and O–H groups in total. The summed E-state index contributed by atoms with van der Waals surface area (Å²) in [5, 5.41) is 21.5. The van der Waals surface area contributed by atoms with Crippen LogP contribution in [0.3, 0.4) is 0 Å².